The van der Waals surface area contributed by atoms with E-state index in [1.54, 1.807) is 6.07 Å². The van der Waals surface area contributed by atoms with Gasteiger partial charge in [0.15, 0.2) is 0 Å². The number of benzene rings is 1. The highest BCUT2D eigenvalue weighted by atomic mass is 35.5. The highest BCUT2D eigenvalue weighted by Gasteiger charge is 2.18. The minimum absolute atomic E-state index is 0.0901. The lowest BCUT2D eigenvalue weighted by Gasteiger charge is -2.11. The van der Waals surface area contributed by atoms with Gasteiger partial charge >= 0.3 is 0 Å². The number of pyridine rings is 1. The van der Waals surface area contributed by atoms with Crippen LogP contribution in [0.15, 0.2) is 41.6 Å². The molecule has 2 rings (SSSR count). The minimum Gasteiger partial charge on any atom is -0.497 e. The lowest BCUT2D eigenvalue weighted by Crippen LogP contribution is -2.13. The maximum atomic E-state index is 12.3. The van der Waals surface area contributed by atoms with Gasteiger partial charge in [-0.25, -0.2) is 8.42 Å². The predicted octanol–water partition coefficient (Wildman–Crippen LogP) is 2.55. The molecule has 0 atom stereocenters. The molecule has 1 aromatic heterocycles. The third kappa shape index (κ3) is 3.56. The molecular formula is C13H13ClN2O4S. The molecule has 0 saturated carbocycles. The van der Waals surface area contributed by atoms with E-state index in [0.29, 0.717) is 17.2 Å². The number of methoxy groups -OCH3 is 2. The van der Waals surface area contributed by atoms with Crippen LogP contribution in [0.3, 0.4) is 0 Å². The molecule has 0 aliphatic carbocycles. The molecule has 21 heavy (non-hydrogen) atoms. The molecule has 0 aliphatic heterocycles. The Hall–Kier alpha value is -1.99. The number of anilines is 1. The molecular weight excluding hydrogens is 316 g/mol. The van der Waals surface area contributed by atoms with Crippen molar-refractivity contribution < 1.29 is 17.9 Å². The largest absolute Gasteiger partial charge is 0.497 e. The number of sulfonamides is 1. The number of halogens is 1. The number of aromatic nitrogens is 1. The normalized spacial score (nSPS) is 11.0. The van der Waals surface area contributed by atoms with Gasteiger partial charge in [-0.05, 0) is 6.07 Å². The molecule has 0 fully saturated rings. The molecule has 8 heteroatoms. The van der Waals surface area contributed by atoms with Crippen LogP contribution in [0.4, 0.5) is 5.69 Å². The summed E-state index contributed by atoms with van der Waals surface area (Å²) >= 11 is 5.88. The lowest BCUT2D eigenvalue weighted by atomic mass is 10.3. The van der Waals surface area contributed by atoms with E-state index in [1.807, 2.05) is 0 Å². The lowest BCUT2D eigenvalue weighted by molar-refractivity contribution is 0.395. The monoisotopic (exact) mass is 328 g/mol. The van der Waals surface area contributed by atoms with Gasteiger partial charge in [0.1, 0.15) is 16.4 Å². The zero-order valence-corrected chi connectivity index (χ0v) is 12.9. The van der Waals surface area contributed by atoms with E-state index < -0.39 is 10.0 Å². The molecule has 0 saturated heterocycles. The second-order valence-corrected chi connectivity index (χ2v) is 6.07. The third-order valence-electron chi connectivity index (χ3n) is 2.63. The zero-order chi connectivity index (χ0) is 15.5. The van der Waals surface area contributed by atoms with Crippen molar-refractivity contribution in [2.45, 2.75) is 4.90 Å². The van der Waals surface area contributed by atoms with Gasteiger partial charge in [-0.3, -0.25) is 9.71 Å². The number of hydrogen-bond acceptors (Lipinski definition) is 5. The first-order chi connectivity index (χ1) is 9.96. The Kier molecular flexibility index (Phi) is 4.54. The summed E-state index contributed by atoms with van der Waals surface area (Å²) in [5.41, 5.74) is 0.297. The van der Waals surface area contributed by atoms with Crippen LogP contribution in [0.1, 0.15) is 0 Å². The van der Waals surface area contributed by atoms with Crippen molar-refractivity contribution in [2.75, 3.05) is 18.9 Å². The topological polar surface area (TPSA) is 77.5 Å². The van der Waals surface area contributed by atoms with Crippen molar-refractivity contribution in [1.82, 2.24) is 4.98 Å². The van der Waals surface area contributed by atoms with Crippen LogP contribution >= 0.6 is 11.6 Å². The molecule has 0 bridgehead atoms. The number of ether oxygens (including phenoxy) is 2. The molecule has 1 aromatic carbocycles. The minimum atomic E-state index is -3.85. The van der Waals surface area contributed by atoms with Gasteiger partial charge in [-0.2, -0.15) is 0 Å². The Labute approximate surface area is 127 Å². The highest BCUT2D eigenvalue weighted by molar-refractivity contribution is 7.92. The number of nitrogens with zero attached hydrogens (tertiary/aromatic N) is 1. The molecule has 112 valence electrons. The van der Waals surface area contributed by atoms with Gasteiger partial charge in [0.2, 0.25) is 0 Å². The number of rotatable bonds is 5. The Morgan fingerprint density at radius 1 is 1.14 bits per heavy atom. The molecule has 2 aromatic rings. The van der Waals surface area contributed by atoms with Gasteiger partial charge in [0, 0.05) is 30.6 Å². The fraction of sp³-hybridized carbons (Fsp3) is 0.154. The summed E-state index contributed by atoms with van der Waals surface area (Å²) in [6, 6.07) is 6.10. The smallest absolute Gasteiger partial charge is 0.264 e. The molecule has 0 spiro atoms. The van der Waals surface area contributed by atoms with E-state index in [0.717, 1.165) is 0 Å². The van der Waals surface area contributed by atoms with Gasteiger partial charge in [-0.15, -0.1) is 0 Å². The van der Waals surface area contributed by atoms with E-state index >= 15 is 0 Å². The van der Waals surface area contributed by atoms with Gasteiger partial charge < -0.3 is 9.47 Å². The Bertz CT molecular complexity index is 727. The summed E-state index contributed by atoms with van der Waals surface area (Å²) in [5, 5.41) is 0.0901. The van der Waals surface area contributed by atoms with Gasteiger partial charge in [-0.1, -0.05) is 11.6 Å². The molecule has 1 N–H and O–H groups in total. The van der Waals surface area contributed by atoms with Crippen LogP contribution in [0.25, 0.3) is 0 Å². The second-order valence-electron chi connectivity index (χ2n) is 4.01. The molecule has 0 radical (unpaired) electrons. The van der Waals surface area contributed by atoms with Gasteiger partial charge in [0.05, 0.1) is 24.9 Å². The first-order valence-corrected chi connectivity index (χ1v) is 7.68. The second kappa shape index (κ2) is 6.19. The van der Waals surface area contributed by atoms with Crippen LogP contribution in [-0.2, 0) is 10.0 Å². The van der Waals surface area contributed by atoms with Crippen LogP contribution < -0.4 is 14.2 Å². The summed E-state index contributed by atoms with van der Waals surface area (Å²) in [5.74, 6) is 0.925. The average Bonchev–Trinajstić information content (AvgIpc) is 2.46. The predicted molar refractivity (Wildman–Crippen MR) is 79.6 cm³/mol. The molecule has 0 amide bonds. The molecule has 6 nitrogen and oxygen atoms in total. The quantitative estimate of drug-likeness (QED) is 0.912. The van der Waals surface area contributed by atoms with Crippen LogP contribution in [0.2, 0.25) is 5.02 Å². The molecule has 0 aliphatic rings. The van der Waals surface area contributed by atoms with Crippen molar-refractivity contribution in [3.63, 3.8) is 0 Å². The summed E-state index contributed by atoms with van der Waals surface area (Å²) < 4.78 is 37.2. The summed E-state index contributed by atoms with van der Waals surface area (Å²) in [7, 11) is -0.895. The van der Waals surface area contributed by atoms with E-state index in [2.05, 4.69) is 9.71 Å². The SMILES string of the molecule is COc1cc(NS(=O)(=O)c2cnccc2Cl)cc(OC)c1. The standard InChI is InChI=1S/C13H13ClN2O4S/c1-19-10-5-9(6-11(7-10)20-2)16-21(17,18)13-8-15-4-3-12(13)14/h3-8,16H,1-2H3. The Morgan fingerprint density at radius 2 is 1.76 bits per heavy atom. The first kappa shape index (κ1) is 15.4. The first-order valence-electron chi connectivity index (χ1n) is 5.81. The average molecular weight is 329 g/mol. The summed E-state index contributed by atoms with van der Waals surface area (Å²) in [6.07, 6.45) is 2.60. The number of hydrogen-bond donors (Lipinski definition) is 1. The summed E-state index contributed by atoms with van der Waals surface area (Å²) in [4.78, 5) is 3.66. The van der Waals surface area contributed by atoms with Crippen LogP contribution in [-0.4, -0.2) is 27.6 Å². The molecule has 0 unspecified atom stereocenters. The van der Waals surface area contributed by atoms with E-state index in [-0.39, 0.29) is 9.92 Å². The van der Waals surface area contributed by atoms with Crippen LogP contribution in [0.5, 0.6) is 11.5 Å². The van der Waals surface area contributed by atoms with Crippen molar-refractivity contribution in [3.8, 4) is 11.5 Å². The number of nitrogens with one attached hydrogen (secondary N) is 1. The van der Waals surface area contributed by atoms with Crippen molar-refractivity contribution in [1.29, 1.82) is 0 Å². The Morgan fingerprint density at radius 3 is 2.29 bits per heavy atom. The molecule has 1 heterocycles. The van der Waals surface area contributed by atoms with Gasteiger partial charge in [0.25, 0.3) is 10.0 Å². The Balaban J connectivity index is 2.39. The van der Waals surface area contributed by atoms with Crippen molar-refractivity contribution in [2.24, 2.45) is 0 Å². The summed E-state index contributed by atoms with van der Waals surface area (Å²) in [6.45, 7) is 0. The van der Waals surface area contributed by atoms with Crippen molar-refractivity contribution in [3.05, 3.63) is 41.7 Å². The third-order valence-corrected chi connectivity index (χ3v) is 4.48. The highest BCUT2D eigenvalue weighted by Crippen LogP contribution is 2.28. The van der Waals surface area contributed by atoms with E-state index in [4.69, 9.17) is 21.1 Å². The van der Waals surface area contributed by atoms with Crippen molar-refractivity contribution >= 4 is 27.3 Å². The van der Waals surface area contributed by atoms with E-state index in [9.17, 15) is 8.42 Å². The zero-order valence-electron chi connectivity index (χ0n) is 11.3. The fourth-order valence-electron chi connectivity index (χ4n) is 1.64. The fourth-order valence-corrected chi connectivity index (χ4v) is 3.11. The maximum absolute atomic E-state index is 12.3. The van der Waals surface area contributed by atoms with E-state index in [1.165, 1.54) is 44.8 Å². The maximum Gasteiger partial charge on any atom is 0.264 e. The van der Waals surface area contributed by atoms with Crippen LogP contribution in [0, 0.1) is 0 Å².